The van der Waals surface area contributed by atoms with Crippen LogP contribution in [0.15, 0.2) is 35.2 Å². The summed E-state index contributed by atoms with van der Waals surface area (Å²) >= 11 is 9.08. The Morgan fingerprint density at radius 3 is 2.54 bits per heavy atom. The lowest BCUT2D eigenvalue weighted by Gasteiger charge is -2.56. The van der Waals surface area contributed by atoms with Gasteiger partial charge in [-0.25, -0.2) is 0 Å². The normalized spacial score (nSPS) is 29.6. The highest BCUT2D eigenvalue weighted by Gasteiger charge is 2.53. The Morgan fingerprint density at radius 1 is 1.08 bits per heavy atom. The summed E-state index contributed by atoms with van der Waals surface area (Å²) in [7, 11) is 1.69. The second-order valence-electron chi connectivity index (χ2n) is 11.2. The minimum atomic E-state index is 0.120. The van der Waals surface area contributed by atoms with Crippen molar-refractivity contribution in [2.24, 2.45) is 23.7 Å². The van der Waals surface area contributed by atoms with Gasteiger partial charge in [-0.05, 0) is 110 Å². The summed E-state index contributed by atoms with van der Waals surface area (Å²) in [6, 6.07) is 10.7. The number of carbonyl (C=O) groups is 1. The van der Waals surface area contributed by atoms with E-state index in [1.807, 2.05) is 17.0 Å². The summed E-state index contributed by atoms with van der Waals surface area (Å²) in [5.41, 5.74) is 2.39. The van der Waals surface area contributed by atoms with Crippen molar-refractivity contribution in [1.82, 2.24) is 4.90 Å². The lowest BCUT2D eigenvalue weighted by Crippen LogP contribution is -2.57. The van der Waals surface area contributed by atoms with Crippen molar-refractivity contribution in [3.05, 3.63) is 45.7 Å². The average molecular weight is 554 g/mol. The molecule has 7 rings (SSSR count). The fourth-order valence-corrected chi connectivity index (χ4v) is 10.0. The number of benzene rings is 1. The molecule has 37 heavy (non-hydrogen) atoms. The summed E-state index contributed by atoms with van der Waals surface area (Å²) in [4.78, 5) is 18.9. The standard InChI is InChI=1S/C30H35NO3S3/c1-34-24-8-5-7-20(15-24)25-16-21(6-3-2-4-9-32)26(36-25)17-27-29(33)31(30(35)37-27)28-22-11-18-10-19(13-22)14-23(28)12-18/h5,7-8,15-19,22-23,28,32H,2-4,6,9-14H2,1H3/b27-17-. The number of thioether (sulfide) groups is 1. The third-order valence-corrected chi connectivity index (χ3v) is 11.4. The molecule has 2 aromatic rings. The monoisotopic (exact) mass is 553 g/mol. The first kappa shape index (κ1) is 25.6. The number of thiophene rings is 1. The first-order valence-electron chi connectivity index (χ1n) is 13.7. The minimum absolute atomic E-state index is 0.120. The van der Waals surface area contributed by atoms with E-state index in [4.69, 9.17) is 17.0 Å². The maximum Gasteiger partial charge on any atom is 0.266 e. The number of unbranched alkanes of at least 4 members (excludes halogenated alkanes) is 2. The van der Waals surface area contributed by atoms with Gasteiger partial charge in [-0.2, -0.15) is 0 Å². The smallest absolute Gasteiger partial charge is 0.266 e. The number of rotatable bonds is 9. The average Bonchev–Trinajstić information content (AvgIpc) is 3.42. The van der Waals surface area contributed by atoms with Crippen LogP contribution in [0.5, 0.6) is 5.75 Å². The molecular formula is C30H35NO3S3. The van der Waals surface area contributed by atoms with Gasteiger partial charge in [0, 0.05) is 22.4 Å². The van der Waals surface area contributed by atoms with Crippen molar-refractivity contribution < 1.29 is 14.6 Å². The summed E-state index contributed by atoms with van der Waals surface area (Å²) < 4.78 is 6.20. The minimum Gasteiger partial charge on any atom is -0.497 e. The number of methoxy groups -OCH3 is 1. The SMILES string of the molecule is COc1cccc(-c2cc(CCCCCO)c(/C=C3\SC(=S)N(C4C5CC6CC(C5)CC4C6)C3=O)s2)c1. The largest absolute Gasteiger partial charge is 0.497 e. The molecule has 1 aromatic heterocycles. The number of amides is 1. The van der Waals surface area contributed by atoms with E-state index in [9.17, 15) is 9.90 Å². The zero-order valence-corrected chi connectivity index (χ0v) is 23.8. The quantitative estimate of drug-likeness (QED) is 0.203. The fourth-order valence-electron chi connectivity index (χ4n) is 7.46. The Labute approximate surface area is 233 Å². The van der Waals surface area contributed by atoms with Crippen LogP contribution in [0.1, 0.15) is 61.8 Å². The molecule has 5 aliphatic rings. The lowest BCUT2D eigenvalue weighted by molar-refractivity contribution is -0.130. The first-order chi connectivity index (χ1) is 18.0. The maximum absolute atomic E-state index is 13.8. The molecule has 0 atom stereocenters. The lowest BCUT2D eigenvalue weighted by atomic mass is 9.54. The van der Waals surface area contributed by atoms with Crippen molar-refractivity contribution in [3.8, 4) is 16.2 Å². The number of nitrogens with zero attached hydrogens (tertiary/aromatic N) is 1. The molecule has 0 unspecified atom stereocenters. The van der Waals surface area contributed by atoms with Gasteiger partial charge in [-0.1, -0.05) is 42.5 Å². The summed E-state index contributed by atoms with van der Waals surface area (Å²) in [6.45, 7) is 0.235. The predicted molar refractivity (Wildman–Crippen MR) is 157 cm³/mol. The summed E-state index contributed by atoms with van der Waals surface area (Å²) in [6.07, 6.45) is 12.4. The third-order valence-electron chi connectivity index (χ3n) is 8.86. The molecule has 1 aliphatic heterocycles. The molecule has 0 spiro atoms. The van der Waals surface area contributed by atoms with Gasteiger partial charge in [0.2, 0.25) is 0 Å². The zero-order chi connectivity index (χ0) is 25.5. The van der Waals surface area contributed by atoms with Crippen LogP contribution in [-0.4, -0.2) is 40.0 Å². The molecule has 4 aliphatic carbocycles. The number of ether oxygens (including phenoxy) is 1. The van der Waals surface area contributed by atoms with Crippen LogP contribution in [0.25, 0.3) is 16.5 Å². The molecule has 1 aromatic carbocycles. The number of carbonyl (C=O) groups excluding carboxylic acids is 1. The predicted octanol–water partition coefficient (Wildman–Crippen LogP) is 7.15. The van der Waals surface area contributed by atoms with E-state index >= 15 is 0 Å². The highest BCUT2D eigenvalue weighted by molar-refractivity contribution is 8.26. The van der Waals surface area contributed by atoms with Crippen LogP contribution in [0.4, 0.5) is 0 Å². The second kappa shape index (κ2) is 10.8. The highest BCUT2D eigenvalue weighted by atomic mass is 32.2. The van der Waals surface area contributed by atoms with Crippen LogP contribution in [0.2, 0.25) is 0 Å². The van der Waals surface area contributed by atoms with Gasteiger partial charge < -0.3 is 9.84 Å². The van der Waals surface area contributed by atoms with Crippen LogP contribution >= 0.6 is 35.3 Å². The molecule has 1 N–H and O–H groups in total. The van der Waals surface area contributed by atoms with Gasteiger partial charge in [0.05, 0.1) is 12.0 Å². The number of hydrogen-bond acceptors (Lipinski definition) is 6. The number of aliphatic hydroxyl groups is 1. The number of aryl methyl sites for hydroxylation is 1. The Balaban J connectivity index is 1.28. The zero-order valence-electron chi connectivity index (χ0n) is 21.4. The van der Waals surface area contributed by atoms with Crippen molar-refractivity contribution in [2.45, 2.75) is 63.8 Å². The number of aliphatic hydroxyl groups excluding tert-OH is 1. The molecule has 4 saturated carbocycles. The molecule has 7 heteroatoms. The molecule has 0 radical (unpaired) electrons. The van der Waals surface area contributed by atoms with E-state index in [-0.39, 0.29) is 12.5 Å². The van der Waals surface area contributed by atoms with Crippen LogP contribution in [0, 0.1) is 23.7 Å². The van der Waals surface area contributed by atoms with E-state index in [1.54, 1.807) is 18.4 Å². The van der Waals surface area contributed by atoms with Gasteiger partial charge in [0.1, 0.15) is 10.1 Å². The molecule has 4 nitrogen and oxygen atoms in total. The van der Waals surface area contributed by atoms with Gasteiger partial charge in [0.15, 0.2) is 0 Å². The van der Waals surface area contributed by atoms with Gasteiger partial charge >= 0.3 is 0 Å². The summed E-state index contributed by atoms with van der Waals surface area (Å²) in [5, 5.41) is 9.20. The van der Waals surface area contributed by atoms with Crippen molar-refractivity contribution in [1.29, 1.82) is 0 Å². The Bertz CT molecular complexity index is 1190. The van der Waals surface area contributed by atoms with Gasteiger partial charge in [0.25, 0.3) is 5.91 Å². The van der Waals surface area contributed by atoms with Crippen LogP contribution in [0.3, 0.4) is 0 Å². The van der Waals surface area contributed by atoms with Crippen molar-refractivity contribution in [2.75, 3.05) is 13.7 Å². The Morgan fingerprint density at radius 2 is 1.84 bits per heavy atom. The third kappa shape index (κ3) is 5.05. The van der Waals surface area contributed by atoms with E-state index in [2.05, 4.69) is 24.3 Å². The second-order valence-corrected chi connectivity index (χ2v) is 14.0. The van der Waals surface area contributed by atoms with Crippen LogP contribution < -0.4 is 4.74 Å². The van der Waals surface area contributed by atoms with Crippen LogP contribution in [-0.2, 0) is 11.2 Å². The maximum atomic E-state index is 13.8. The molecule has 1 amide bonds. The first-order valence-corrected chi connectivity index (χ1v) is 15.7. The molecule has 2 heterocycles. The number of thiocarbonyl (C=S) groups is 1. The summed E-state index contributed by atoms with van der Waals surface area (Å²) in [5.74, 6) is 3.97. The fraction of sp³-hybridized carbons (Fsp3) is 0.533. The van der Waals surface area contributed by atoms with E-state index in [1.165, 1.54) is 54.3 Å². The van der Waals surface area contributed by atoms with Gasteiger partial charge in [-0.15, -0.1) is 11.3 Å². The Hall–Kier alpha value is -1.67. The topological polar surface area (TPSA) is 49.8 Å². The van der Waals surface area contributed by atoms with E-state index < -0.39 is 0 Å². The molecule has 5 fully saturated rings. The van der Waals surface area contributed by atoms with E-state index in [0.717, 1.165) is 62.9 Å². The molecule has 1 saturated heterocycles. The molecule has 196 valence electrons. The Kier molecular flexibility index (Phi) is 7.50. The number of hydrogen-bond donors (Lipinski definition) is 1. The van der Waals surface area contributed by atoms with E-state index in [0.29, 0.717) is 17.9 Å². The van der Waals surface area contributed by atoms with Crippen molar-refractivity contribution >= 4 is 51.6 Å². The molecule has 4 bridgehead atoms. The highest BCUT2D eigenvalue weighted by Crippen LogP contribution is 2.56. The van der Waals surface area contributed by atoms with Gasteiger partial charge in [-0.3, -0.25) is 9.69 Å². The molecular weight excluding hydrogens is 519 g/mol. The van der Waals surface area contributed by atoms with Crippen molar-refractivity contribution in [3.63, 3.8) is 0 Å².